The van der Waals surface area contributed by atoms with Gasteiger partial charge >= 0.3 is 0 Å². The van der Waals surface area contributed by atoms with E-state index in [-0.39, 0.29) is 5.91 Å². The zero-order chi connectivity index (χ0) is 13.1. The molecule has 1 amide bonds. The number of nitrogens with two attached hydrogens (primary N) is 1. The quantitative estimate of drug-likeness (QED) is 0.823. The highest BCUT2D eigenvalue weighted by molar-refractivity contribution is 7.08. The molecule has 3 N–H and O–H groups in total. The van der Waals surface area contributed by atoms with E-state index in [4.69, 9.17) is 10.5 Å². The van der Waals surface area contributed by atoms with Crippen LogP contribution in [0.15, 0.2) is 18.2 Å². The lowest BCUT2D eigenvalue weighted by atomic mass is 10.2. The molecule has 0 unspecified atom stereocenters. The minimum atomic E-state index is -0.259. The summed E-state index contributed by atoms with van der Waals surface area (Å²) in [7, 11) is 1.52. The predicted molar refractivity (Wildman–Crippen MR) is 70.0 cm³/mol. The first-order valence-electron chi connectivity index (χ1n) is 5.15. The number of aromatic nitrogens is 2. The number of carbonyl (C=O) groups excluding carboxylic acids is 1. The van der Waals surface area contributed by atoms with Crippen LogP contribution >= 0.6 is 11.5 Å². The topological polar surface area (TPSA) is 90.1 Å². The molecule has 0 radical (unpaired) electrons. The van der Waals surface area contributed by atoms with E-state index in [1.807, 2.05) is 0 Å². The van der Waals surface area contributed by atoms with Gasteiger partial charge in [-0.2, -0.15) is 0 Å². The van der Waals surface area contributed by atoms with Gasteiger partial charge < -0.3 is 15.8 Å². The number of aryl methyl sites for hydroxylation is 1. The predicted octanol–water partition coefficient (Wildman–Crippen LogP) is 1.69. The average Bonchev–Trinajstić information content (AvgIpc) is 2.77. The van der Waals surface area contributed by atoms with Crippen LogP contribution in [0.2, 0.25) is 0 Å². The third-order valence-corrected chi connectivity index (χ3v) is 3.16. The van der Waals surface area contributed by atoms with Crippen molar-refractivity contribution in [3.8, 4) is 5.75 Å². The van der Waals surface area contributed by atoms with Crippen molar-refractivity contribution in [2.45, 2.75) is 6.92 Å². The Labute approximate surface area is 108 Å². The molecule has 0 fully saturated rings. The summed E-state index contributed by atoms with van der Waals surface area (Å²) < 4.78 is 8.87. The first-order chi connectivity index (χ1) is 8.61. The lowest BCUT2D eigenvalue weighted by Crippen LogP contribution is -2.12. The van der Waals surface area contributed by atoms with E-state index < -0.39 is 0 Å². The number of amides is 1. The Morgan fingerprint density at radius 2 is 2.28 bits per heavy atom. The first-order valence-corrected chi connectivity index (χ1v) is 5.93. The van der Waals surface area contributed by atoms with Crippen LogP contribution < -0.4 is 15.8 Å². The summed E-state index contributed by atoms with van der Waals surface area (Å²) in [5, 5.41) is 6.54. The summed E-state index contributed by atoms with van der Waals surface area (Å²) in [5.74, 6) is 0.254. The van der Waals surface area contributed by atoms with E-state index in [9.17, 15) is 4.79 Å². The second-order valence-corrected chi connectivity index (χ2v) is 4.36. The zero-order valence-electron chi connectivity index (χ0n) is 9.93. The number of nitrogen functional groups attached to an aromatic ring is 1. The second-order valence-electron chi connectivity index (χ2n) is 3.60. The van der Waals surface area contributed by atoms with E-state index >= 15 is 0 Å². The first kappa shape index (κ1) is 12.3. The standard InChI is InChI=1S/C11H12N4O2S/c1-6-10(18-15-14-6)11(16)13-8-4-3-7(12)5-9(8)17-2/h3-5H,12H2,1-2H3,(H,13,16). The Morgan fingerprint density at radius 3 is 2.89 bits per heavy atom. The molecule has 0 aliphatic carbocycles. The maximum atomic E-state index is 12.0. The average molecular weight is 264 g/mol. The normalized spacial score (nSPS) is 10.1. The molecule has 1 aromatic carbocycles. The van der Waals surface area contributed by atoms with Crippen molar-refractivity contribution in [1.29, 1.82) is 0 Å². The van der Waals surface area contributed by atoms with Gasteiger partial charge in [0, 0.05) is 11.8 Å². The van der Waals surface area contributed by atoms with Crippen molar-refractivity contribution >= 4 is 28.8 Å². The molecule has 7 heteroatoms. The summed E-state index contributed by atoms with van der Waals surface area (Å²) in [4.78, 5) is 12.5. The number of methoxy groups -OCH3 is 1. The maximum absolute atomic E-state index is 12.0. The summed E-state index contributed by atoms with van der Waals surface area (Å²) >= 11 is 1.05. The van der Waals surface area contributed by atoms with Gasteiger partial charge in [0.2, 0.25) is 0 Å². The summed E-state index contributed by atoms with van der Waals surface area (Å²) in [6, 6.07) is 5.03. The third kappa shape index (κ3) is 2.40. The molecule has 94 valence electrons. The van der Waals surface area contributed by atoms with E-state index in [0.29, 0.717) is 27.7 Å². The van der Waals surface area contributed by atoms with Gasteiger partial charge in [0.25, 0.3) is 5.91 Å². The van der Waals surface area contributed by atoms with Crippen molar-refractivity contribution in [2.24, 2.45) is 0 Å². The number of benzene rings is 1. The number of nitrogens with zero attached hydrogens (tertiary/aromatic N) is 2. The Hall–Kier alpha value is -2.15. The van der Waals surface area contributed by atoms with Crippen LogP contribution in [-0.2, 0) is 0 Å². The Morgan fingerprint density at radius 1 is 1.50 bits per heavy atom. The van der Waals surface area contributed by atoms with Crippen LogP contribution in [0, 0.1) is 6.92 Å². The highest BCUT2D eigenvalue weighted by atomic mass is 32.1. The van der Waals surface area contributed by atoms with Gasteiger partial charge in [0.05, 0.1) is 18.5 Å². The molecule has 18 heavy (non-hydrogen) atoms. The van der Waals surface area contributed by atoms with Crippen LogP contribution in [0.1, 0.15) is 15.4 Å². The largest absolute Gasteiger partial charge is 0.494 e. The van der Waals surface area contributed by atoms with E-state index in [0.717, 1.165) is 11.5 Å². The molecule has 1 aromatic heterocycles. The SMILES string of the molecule is COc1cc(N)ccc1NC(=O)c1snnc1C. The molecular weight excluding hydrogens is 252 g/mol. The smallest absolute Gasteiger partial charge is 0.269 e. The monoisotopic (exact) mass is 264 g/mol. The van der Waals surface area contributed by atoms with Crippen molar-refractivity contribution in [3.63, 3.8) is 0 Å². The second kappa shape index (κ2) is 5.01. The van der Waals surface area contributed by atoms with Crippen LogP contribution in [0.25, 0.3) is 0 Å². The zero-order valence-corrected chi connectivity index (χ0v) is 10.7. The van der Waals surface area contributed by atoms with Crippen LogP contribution in [-0.4, -0.2) is 22.6 Å². The Bertz CT molecular complexity index is 582. The molecule has 2 aromatic rings. The fourth-order valence-corrected chi connectivity index (χ4v) is 1.98. The number of anilines is 2. The summed E-state index contributed by atoms with van der Waals surface area (Å²) in [6.45, 7) is 1.73. The van der Waals surface area contributed by atoms with Crippen molar-refractivity contribution in [3.05, 3.63) is 28.8 Å². The van der Waals surface area contributed by atoms with Gasteiger partial charge in [0.1, 0.15) is 10.6 Å². The highest BCUT2D eigenvalue weighted by Gasteiger charge is 2.15. The van der Waals surface area contributed by atoms with Crippen molar-refractivity contribution in [1.82, 2.24) is 9.59 Å². The molecule has 0 bridgehead atoms. The Balaban J connectivity index is 2.24. The number of rotatable bonds is 3. The molecule has 0 saturated heterocycles. The van der Waals surface area contributed by atoms with Crippen LogP contribution in [0.4, 0.5) is 11.4 Å². The highest BCUT2D eigenvalue weighted by Crippen LogP contribution is 2.27. The maximum Gasteiger partial charge on any atom is 0.269 e. The lowest BCUT2D eigenvalue weighted by molar-refractivity contribution is 0.102. The van der Waals surface area contributed by atoms with Crippen LogP contribution in [0.5, 0.6) is 5.75 Å². The van der Waals surface area contributed by atoms with E-state index in [1.165, 1.54) is 7.11 Å². The number of nitrogens with one attached hydrogen (secondary N) is 1. The molecule has 1 heterocycles. The lowest BCUT2D eigenvalue weighted by Gasteiger charge is -2.10. The number of carbonyl (C=O) groups is 1. The molecule has 0 saturated carbocycles. The number of hydrogen-bond donors (Lipinski definition) is 2. The van der Waals surface area contributed by atoms with E-state index in [2.05, 4.69) is 14.9 Å². The van der Waals surface area contributed by atoms with Gasteiger partial charge in [-0.05, 0) is 30.6 Å². The number of hydrogen-bond acceptors (Lipinski definition) is 6. The number of ether oxygens (including phenoxy) is 1. The fourth-order valence-electron chi connectivity index (χ4n) is 1.43. The molecule has 6 nitrogen and oxygen atoms in total. The van der Waals surface area contributed by atoms with Crippen molar-refractivity contribution < 1.29 is 9.53 Å². The Kier molecular flexibility index (Phi) is 3.42. The van der Waals surface area contributed by atoms with Crippen molar-refractivity contribution in [2.75, 3.05) is 18.2 Å². The fraction of sp³-hybridized carbons (Fsp3) is 0.182. The van der Waals surface area contributed by atoms with Gasteiger partial charge in [-0.3, -0.25) is 4.79 Å². The molecular formula is C11H12N4O2S. The third-order valence-electron chi connectivity index (χ3n) is 2.33. The molecule has 2 rings (SSSR count). The van der Waals surface area contributed by atoms with E-state index in [1.54, 1.807) is 25.1 Å². The minimum Gasteiger partial charge on any atom is -0.494 e. The molecule has 0 atom stereocenters. The summed E-state index contributed by atoms with van der Waals surface area (Å²) in [5.41, 5.74) is 7.38. The van der Waals surface area contributed by atoms with Gasteiger partial charge in [-0.25, -0.2) is 0 Å². The van der Waals surface area contributed by atoms with Crippen LogP contribution in [0.3, 0.4) is 0 Å². The van der Waals surface area contributed by atoms with Gasteiger partial charge in [0.15, 0.2) is 0 Å². The summed E-state index contributed by atoms with van der Waals surface area (Å²) in [6.07, 6.45) is 0. The minimum absolute atomic E-state index is 0.259. The van der Waals surface area contributed by atoms with Gasteiger partial charge in [-0.15, -0.1) is 5.10 Å². The van der Waals surface area contributed by atoms with Gasteiger partial charge in [-0.1, -0.05) is 4.49 Å². The molecule has 0 aliphatic heterocycles. The molecule has 0 spiro atoms. The molecule has 0 aliphatic rings.